The second kappa shape index (κ2) is 8.18. The average Bonchev–Trinajstić information content (AvgIpc) is 3.48. The van der Waals surface area contributed by atoms with Crippen molar-refractivity contribution in [3.8, 4) is 0 Å². The van der Waals surface area contributed by atoms with E-state index >= 15 is 0 Å². The fourth-order valence-corrected chi connectivity index (χ4v) is 6.61. The summed E-state index contributed by atoms with van der Waals surface area (Å²) in [5.74, 6) is -0.490. The average molecular weight is 529 g/mol. The molecule has 1 spiro atoms. The Bertz CT molecular complexity index is 1580. The topological polar surface area (TPSA) is 58.4 Å². The molecule has 10 heteroatoms. The quantitative estimate of drug-likeness (QED) is 0.356. The van der Waals surface area contributed by atoms with Gasteiger partial charge in [0.15, 0.2) is 5.82 Å². The molecule has 2 aliphatic rings. The number of rotatable bonds is 4. The maximum Gasteiger partial charge on any atom is 0.283 e. The summed E-state index contributed by atoms with van der Waals surface area (Å²) < 4.78 is 56.0. The van der Waals surface area contributed by atoms with Crippen molar-refractivity contribution in [2.75, 3.05) is 29.4 Å². The first-order valence-electron chi connectivity index (χ1n) is 11.7. The molecule has 0 radical (unpaired) electrons. The molecule has 0 atom stereocenters. The minimum atomic E-state index is -4.10. The van der Waals surface area contributed by atoms with E-state index in [2.05, 4.69) is 14.9 Å². The van der Waals surface area contributed by atoms with Crippen molar-refractivity contribution >= 4 is 44.0 Å². The normalized spacial score (nSPS) is 17.2. The van der Waals surface area contributed by atoms with Gasteiger partial charge in [0.1, 0.15) is 11.6 Å². The van der Waals surface area contributed by atoms with Gasteiger partial charge in [-0.3, -0.25) is 0 Å². The molecule has 1 aromatic heterocycles. The van der Waals surface area contributed by atoms with E-state index in [4.69, 9.17) is 11.6 Å². The SMILES string of the molecule is Cc1ccc(S(=O)(=O)n2nc(N3CCN(c4ccc(F)cc4)CC34CC4)c3c(Cl)cc(F)cc32)cc1. The highest BCUT2D eigenvalue weighted by Crippen LogP contribution is 2.49. The highest BCUT2D eigenvalue weighted by atomic mass is 35.5. The molecule has 6 nitrogen and oxygen atoms in total. The Kier molecular flexibility index (Phi) is 5.28. The lowest BCUT2D eigenvalue weighted by Crippen LogP contribution is -2.55. The summed E-state index contributed by atoms with van der Waals surface area (Å²) in [5, 5.41) is 5.09. The zero-order valence-electron chi connectivity index (χ0n) is 19.5. The Labute approximate surface area is 212 Å². The van der Waals surface area contributed by atoms with Gasteiger partial charge in [0.05, 0.1) is 26.4 Å². The molecule has 2 heterocycles. The molecule has 4 aromatic rings. The van der Waals surface area contributed by atoms with Gasteiger partial charge in [-0.1, -0.05) is 29.3 Å². The van der Waals surface area contributed by atoms with Crippen molar-refractivity contribution in [1.29, 1.82) is 0 Å². The number of aryl methyl sites for hydroxylation is 1. The summed E-state index contributed by atoms with van der Waals surface area (Å²) >= 11 is 6.51. The maximum atomic E-state index is 14.4. The zero-order chi connectivity index (χ0) is 25.2. The van der Waals surface area contributed by atoms with E-state index in [1.54, 1.807) is 24.3 Å². The Balaban J connectivity index is 1.45. The molecule has 0 amide bonds. The Hall–Kier alpha value is -3.17. The summed E-state index contributed by atoms with van der Waals surface area (Å²) in [6.07, 6.45) is 1.78. The third kappa shape index (κ3) is 3.72. The van der Waals surface area contributed by atoms with Crippen LogP contribution in [0.25, 0.3) is 10.9 Å². The Morgan fingerprint density at radius 2 is 1.64 bits per heavy atom. The molecule has 1 aliphatic heterocycles. The smallest absolute Gasteiger partial charge is 0.283 e. The van der Waals surface area contributed by atoms with E-state index in [-0.39, 0.29) is 26.8 Å². The van der Waals surface area contributed by atoms with Gasteiger partial charge in [0.25, 0.3) is 10.0 Å². The summed E-state index contributed by atoms with van der Waals surface area (Å²) in [4.78, 5) is 4.37. The number of benzene rings is 3. The number of aromatic nitrogens is 2. The number of piperazine rings is 1. The van der Waals surface area contributed by atoms with Crippen molar-refractivity contribution in [3.05, 3.63) is 82.9 Å². The van der Waals surface area contributed by atoms with Crippen LogP contribution in [0.15, 0.2) is 65.6 Å². The number of nitrogens with zero attached hydrogens (tertiary/aromatic N) is 4. The van der Waals surface area contributed by atoms with Gasteiger partial charge in [0, 0.05) is 31.4 Å². The van der Waals surface area contributed by atoms with Gasteiger partial charge in [-0.2, -0.15) is 12.5 Å². The minimum absolute atomic E-state index is 0.0618. The minimum Gasteiger partial charge on any atom is -0.367 e. The monoisotopic (exact) mass is 528 g/mol. The molecule has 0 unspecified atom stereocenters. The lowest BCUT2D eigenvalue weighted by Gasteiger charge is -2.43. The molecule has 6 rings (SSSR count). The summed E-state index contributed by atoms with van der Waals surface area (Å²) in [6, 6.07) is 15.2. The van der Waals surface area contributed by atoms with E-state index in [1.165, 1.54) is 30.3 Å². The molecule has 36 heavy (non-hydrogen) atoms. The van der Waals surface area contributed by atoms with Crippen LogP contribution in [0.5, 0.6) is 0 Å². The third-order valence-corrected chi connectivity index (χ3v) is 9.02. The highest BCUT2D eigenvalue weighted by molar-refractivity contribution is 7.90. The molecular formula is C26H23ClF2N4O2S. The first kappa shape index (κ1) is 23.2. The van der Waals surface area contributed by atoms with Gasteiger partial charge in [-0.25, -0.2) is 8.78 Å². The maximum absolute atomic E-state index is 14.4. The number of anilines is 2. The van der Waals surface area contributed by atoms with Crippen LogP contribution in [0.2, 0.25) is 5.02 Å². The Morgan fingerprint density at radius 1 is 0.944 bits per heavy atom. The molecule has 2 fully saturated rings. The van der Waals surface area contributed by atoms with Crippen molar-refractivity contribution in [2.45, 2.75) is 30.2 Å². The first-order chi connectivity index (χ1) is 17.2. The van der Waals surface area contributed by atoms with E-state index in [1.807, 2.05) is 6.92 Å². The van der Waals surface area contributed by atoms with Crippen LogP contribution in [-0.4, -0.2) is 42.8 Å². The second-order valence-electron chi connectivity index (χ2n) is 9.54. The standard InChI is InChI=1S/C26H23ClF2N4O2S/c1-17-2-8-21(9-3-17)36(34,35)33-23-15-19(29)14-22(27)24(23)25(30-33)32-13-12-31(16-26(32)10-11-26)20-6-4-18(28)5-7-20/h2-9,14-15H,10-13,16H2,1H3. The van der Waals surface area contributed by atoms with Crippen molar-refractivity contribution in [1.82, 2.24) is 9.19 Å². The Morgan fingerprint density at radius 3 is 2.31 bits per heavy atom. The molecule has 1 saturated heterocycles. The fourth-order valence-electron chi connectivity index (χ4n) is 5.06. The first-order valence-corrected chi connectivity index (χ1v) is 13.5. The largest absolute Gasteiger partial charge is 0.367 e. The lowest BCUT2D eigenvalue weighted by molar-refractivity contribution is 0.504. The fraction of sp³-hybridized carbons (Fsp3) is 0.269. The van der Waals surface area contributed by atoms with Gasteiger partial charge < -0.3 is 9.80 Å². The van der Waals surface area contributed by atoms with Crippen LogP contribution in [0.1, 0.15) is 18.4 Å². The zero-order valence-corrected chi connectivity index (χ0v) is 21.0. The van der Waals surface area contributed by atoms with Crippen LogP contribution in [0.4, 0.5) is 20.3 Å². The number of hydrogen-bond acceptors (Lipinski definition) is 5. The summed E-state index contributed by atoms with van der Waals surface area (Å²) in [5.41, 5.74) is 1.69. The molecule has 0 N–H and O–H groups in total. The molecule has 1 aliphatic carbocycles. The summed E-state index contributed by atoms with van der Waals surface area (Å²) in [7, 11) is -4.10. The number of halogens is 3. The van der Waals surface area contributed by atoms with Crippen LogP contribution in [-0.2, 0) is 10.0 Å². The van der Waals surface area contributed by atoms with Crippen LogP contribution >= 0.6 is 11.6 Å². The second-order valence-corrected chi connectivity index (χ2v) is 11.7. The molecule has 0 bridgehead atoms. The molecule has 186 valence electrons. The van der Waals surface area contributed by atoms with E-state index < -0.39 is 15.8 Å². The van der Waals surface area contributed by atoms with Gasteiger partial charge in [-0.05, 0) is 62.2 Å². The van der Waals surface area contributed by atoms with Crippen molar-refractivity contribution in [3.63, 3.8) is 0 Å². The van der Waals surface area contributed by atoms with E-state index in [0.717, 1.165) is 34.2 Å². The predicted molar refractivity (Wildman–Crippen MR) is 136 cm³/mol. The number of hydrogen-bond donors (Lipinski definition) is 0. The van der Waals surface area contributed by atoms with E-state index in [9.17, 15) is 17.2 Å². The molecule has 3 aromatic carbocycles. The van der Waals surface area contributed by atoms with Crippen molar-refractivity contribution < 1.29 is 17.2 Å². The molecule has 1 saturated carbocycles. The van der Waals surface area contributed by atoms with Crippen molar-refractivity contribution in [2.24, 2.45) is 0 Å². The van der Waals surface area contributed by atoms with Gasteiger partial charge >= 0.3 is 0 Å². The summed E-state index contributed by atoms with van der Waals surface area (Å²) in [6.45, 7) is 3.73. The highest BCUT2D eigenvalue weighted by Gasteiger charge is 2.53. The predicted octanol–water partition coefficient (Wildman–Crippen LogP) is 5.37. The van der Waals surface area contributed by atoms with Gasteiger partial charge in [-0.15, -0.1) is 5.10 Å². The van der Waals surface area contributed by atoms with Crippen LogP contribution < -0.4 is 9.80 Å². The lowest BCUT2D eigenvalue weighted by atomic mass is 10.1. The molecular weight excluding hydrogens is 506 g/mol. The van der Waals surface area contributed by atoms with Crippen LogP contribution in [0, 0.1) is 18.6 Å². The number of fused-ring (bicyclic) bond motifs is 1. The van der Waals surface area contributed by atoms with Crippen LogP contribution in [0.3, 0.4) is 0 Å². The van der Waals surface area contributed by atoms with E-state index in [0.29, 0.717) is 30.8 Å². The van der Waals surface area contributed by atoms with Gasteiger partial charge in [0.2, 0.25) is 0 Å². The third-order valence-electron chi connectivity index (χ3n) is 7.12.